The largest absolute Gasteiger partial charge is 0.278 e. The van der Waals surface area contributed by atoms with Crippen LogP contribution in [0, 0.1) is 6.92 Å². The molecule has 0 aliphatic rings. The summed E-state index contributed by atoms with van der Waals surface area (Å²) in [4.78, 5) is 9.12. The number of aromatic nitrogens is 5. The van der Waals surface area contributed by atoms with Crippen molar-refractivity contribution in [3.63, 3.8) is 0 Å². The first-order valence-corrected chi connectivity index (χ1v) is 6.83. The molecule has 0 radical (unpaired) electrons. The molecule has 0 fully saturated rings. The van der Waals surface area contributed by atoms with Crippen LogP contribution < -0.4 is 0 Å². The molecule has 0 aliphatic carbocycles. The normalized spacial score (nSPS) is 11.3. The van der Waals surface area contributed by atoms with Gasteiger partial charge in [-0.15, -0.1) is 10.2 Å². The minimum absolute atomic E-state index is 0.654. The Kier molecular flexibility index (Phi) is 2.62. The van der Waals surface area contributed by atoms with Gasteiger partial charge in [-0.2, -0.15) is 0 Å². The Labute approximate surface area is 125 Å². The Bertz CT molecular complexity index is 976. The van der Waals surface area contributed by atoms with Crippen LogP contribution >= 0.6 is 11.6 Å². The average molecular weight is 296 g/mol. The third-order valence-corrected chi connectivity index (χ3v) is 3.77. The molecular formula is C15H10ClN5. The lowest BCUT2D eigenvalue weighted by atomic mass is 10.1. The average Bonchev–Trinajstić information content (AvgIpc) is 2.98. The maximum atomic E-state index is 6.30. The number of hydrogen-bond acceptors (Lipinski definition) is 4. The summed E-state index contributed by atoms with van der Waals surface area (Å²) in [5.74, 6) is 0. The van der Waals surface area contributed by atoms with Crippen molar-refractivity contribution in [2.45, 2.75) is 6.92 Å². The molecule has 0 unspecified atom stereocenters. The Hall–Kier alpha value is -2.53. The second-order valence-corrected chi connectivity index (χ2v) is 5.14. The van der Waals surface area contributed by atoms with Crippen LogP contribution in [-0.2, 0) is 0 Å². The predicted octanol–water partition coefficient (Wildman–Crippen LogP) is 3.30. The van der Waals surface area contributed by atoms with Crippen LogP contribution in [0.25, 0.3) is 27.9 Å². The molecule has 5 nitrogen and oxygen atoms in total. The van der Waals surface area contributed by atoms with E-state index in [0.29, 0.717) is 5.02 Å². The van der Waals surface area contributed by atoms with Gasteiger partial charge < -0.3 is 0 Å². The number of halogens is 1. The summed E-state index contributed by atoms with van der Waals surface area (Å²) in [6.45, 7) is 1.91. The van der Waals surface area contributed by atoms with Crippen molar-refractivity contribution in [1.29, 1.82) is 0 Å². The van der Waals surface area contributed by atoms with E-state index in [1.807, 2.05) is 41.7 Å². The molecule has 0 atom stereocenters. The van der Waals surface area contributed by atoms with Gasteiger partial charge in [-0.3, -0.25) is 9.38 Å². The minimum atomic E-state index is 0.654. The Morgan fingerprint density at radius 2 is 2.00 bits per heavy atom. The molecule has 6 heteroatoms. The molecule has 1 aromatic carbocycles. The molecule has 0 amide bonds. The van der Waals surface area contributed by atoms with Crippen molar-refractivity contribution in [1.82, 2.24) is 24.6 Å². The Morgan fingerprint density at radius 1 is 1.14 bits per heavy atom. The highest BCUT2D eigenvalue weighted by molar-refractivity contribution is 6.33. The third kappa shape index (κ3) is 1.78. The summed E-state index contributed by atoms with van der Waals surface area (Å²) in [6, 6.07) is 9.52. The molecule has 0 spiro atoms. The zero-order valence-corrected chi connectivity index (χ0v) is 11.9. The van der Waals surface area contributed by atoms with Crippen molar-refractivity contribution in [2.24, 2.45) is 0 Å². The fraction of sp³-hybridized carbons (Fsp3) is 0.0667. The van der Waals surface area contributed by atoms with Crippen LogP contribution in [0.3, 0.4) is 0 Å². The predicted molar refractivity (Wildman–Crippen MR) is 81.3 cm³/mol. The van der Waals surface area contributed by atoms with E-state index in [4.69, 9.17) is 11.6 Å². The highest BCUT2D eigenvalue weighted by atomic mass is 35.5. The summed E-state index contributed by atoms with van der Waals surface area (Å²) in [5.41, 5.74) is 4.88. The van der Waals surface area contributed by atoms with Gasteiger partial charge in [0, 0.05) is 11.8 Å². The fourth-order valence-electron chi connectivity index (χ4n) is 2.47. The highest BCUT2D eigenvalue weighted by Gasteiger charge is 2.14. The summed E-state index contributed by atoms with van der Waals surface area (Å²) in [6.07, 6.45) is 3.43. The number of fused-ring (bicyclic) bond motifs is 3. The maximum Gasteiger partial charge on any atom is 0.182 e. The lowest BCUT2D eigenvalue weighted by Crippen LogP contribution is -1.98. The molecule has 3 aromatic heterocycles. The van der Waals surface area contributed by atoms with E-state index in [9.17, 15) is 0 Å². The van der Waals surface area contributed by atoms with Gasteiger partial charge in [0.05, 0.1) is 21.9 Å². The van der Waals surface area contributed by atoms with Gasteiger partial charge in [-0.1, -0.05) is 29.8 Å². The Balaban J connectivity index is 2.16. The lowest BCUT2D eigenvalue weighted by molar-refractivity contribution is 1.10. The summed E-state index contributed by atoms with van der Waals surface area (Å²) in [7, 11) is 0. The number of pyridine rings is 1. The van der Waals surface area contributed by atoms with Crippen LogP contribution in [0.2, 0.25) is 5.02 Å². The molecule has 0 bridgehead atoms. The van der Waals surface area contributed by atoms with Crippen molar-refractivity contribution in [3.8, 4) is 11.3 Å². The lowest BCUT2D eigenvalue weighted by Gasteiger charge is -2.09. The summed E-state index contributed by atoms with van der Waals surface area (Å²) >= 11 is 6.30. The van der Waals surface area contributed by atoms with Gasteiger partial charge in [0.2, 0.25) is 0 Å². The monoisotopic (exact) mass is 295 g/mol. The highest BCUT2D eigenvalue weighted by Crippen LogP contribution is 2.31. The molecule has 21 heavy (non-hydrogen) atoms. The molecular weight excluding hydrogens is 286 g/mol. The van der Waals surface area contributed by atoms with Crippen molar-refractivity contribution in [3.05, 3.63) is 53.6 Å². The van der Waals surface area contributed by atoms with E-state index in [0.717, 1.165) is 33.6 Å². The van der Waals surface area contributed by atoms with Gasteiger partial charge in [0.1, 0.15) is 11.8 Å². The Morgan fingerprint density at radius 3 is 2.86 bits per heavy atom. The SMILES string of the molecule is Cc1nc2c(-c3ccccc3Cl)nccc2n2cnnc12. The number of benzene rings is 1. The fourth-order valence-corrected chi connectivity index (χ4v) is 2.70. The van der Waals surface area contributed by atoms with E-state index < -0.39 is 0 Å². The zero-order valence-electron chi connectivity index (χ0n) is 11.2. The first-order valence-electron chi connectivity index (χ1n) is 6.45. The first kappa shape index (κ1) is 12.2. The number of nitrogens with zero attached hydrogens (tertiary/aromatic N) is 5. The maximum absolute atomic E-state index is 6.30. The van der Waals surface area contributed by atoms with Crippen LogP contribution in [0.4, 0.5) is 0 Å². The second-order valence-electron chi connectivity index (χ2n) is 4.73. The summed E-state index contributed by atoms with van der Waals surface area (Å²) in [5, 5.41) is 8.70. The van der Waals surface area contributed by atoms with Crippen molar-refractivity contribution >= 4 is 28.3 Å². The van der Waals surface area contributed by atoms with E-state index >= 15 is 0 Å². The molecule has 102 valence electrons. The van der Waals surface area contributed by atoms with E-state index in [2.05, 4.69) is 20.2 Å². The molecule has 0 saturated carbocycles. The van der Waals surface area contributed by atoms with Crippen LogP contribution in [0.5, 0.6) is 0 Å². The molecule has 0 aliphatic heterocycles. The quantitative estimate of drug-likeness (QED) is 0.540. The van der Waals surface area contributed by atoms with Gasteiger partial charge in [-0.25, -0.2) is 4.98 Å². The molecule has 4 aromatic rings. The minimum Gasteiger partial charge on any atom is -0.278 e. The second kappa shape index (κ2) is 4.49. The number of rotatable bonds is 1. The topological polar surface area (TPSA) is 56.0 Å². The number of hydrogen-bond donors (Lipinski definition) is 0. The third-order valence-electron chi connectivity index (χ3n) is 3.44. The number of aryl methyl sites for hydroxylation is 1. The van der Waals surface area contributed by atoms with E-state index in [1.54, 1.807) is 12.5 Å². The van der Waals surface area contributed by atoms with Gasteiger partial charge in [0.15, 0.2) is 5.65 Å². The van der Waals surface area contributed by atoms with E-state index in [1.165, 1.54) is 0 Å². The zero-order chi connectivity index (χ0) is 14.4. The smallest absolute Gasteiger partial charge is 0.182 e. The first-order chi connectivity index (χ1) is 10.3. The van der Waals surface area contributed by atoms with Crippen LogP contribution in [0.15, 0.2) is 42.9 Å². The standard InChI is InChI=1S/C15H10ClN5/c1-9-15-20-18-8-21(15)12-6-7-17-13(14(12)19-9)10-4-2-3-5-11(10)16/h2-8H,1H3. The van der Waals surface area contributed by atoms with Crippen LogP contribution in [-0.4, -0.2) is 24.6 Å². The van der Waals surface area contributed by atoms with Gasteiger partial charge >= 0.3 is 0 Å². The molecule has 0 saturated heterocycles. The van der Waals surface area contributed by atoms with Gasteiger partial charge in [0.25, 0.3) is 0 Å². The molecule has 3 heterocycles. The van der Waals surface area contributed by atoms with Crippen molar-refractivity contribution in [2.75, 3.05) is 0 Å². The van der Waals surface area contributed by atoms with Crippen LogP contribution in [0.1, 0.15) is 5.69 Å². The van der Waals surface area contributed by atoms with Gasteiger partial charge in [-0.05, 0) is 19.1 Å². The summed E-state index contributed by atoms with van der Waals surface area (Å²) < 4.78 is 1.92. The van der Waals surface area contributed by atoms with E-state index in [-0.39, 0.29) is 0 Å². The molecule has 4 rings (SSSR count). The van der Waals surface area contributed by atoms with Crippen molar-refractivity contribution < 1.29 is 0 Å². The molecule has 0 N–H and O–H groups in total.